The number of carbonyl (C=O) groups is 1. The van der Waals surface area contributed by atoms with Crippen LogP contribution in [0.15, 0.2) is 6.20 Å². The van der Waals surface area contributed by atoms with E-state index in [2.05, 4.69) is 10.3 Å². The normalized spacial score (nSPS) is 21.5. The van der Waals surface area contributed by atoms with Crippen LogP contribution in [0.1, 0.15) is 37.9 Å². The van der Waals surface area contributed by atoms with Gasteiger partial charge in [-0.15, -0.1) is 0 Å². The Morgan fingerprint density at radius 1 is 1.59 bits per heavy atom. The fourth-order valence-electron chi connectivity index (χ4n) is 2.82. The van der Waals surface area contributed by atoms with Gasteiger partial charge in [0, 0.05) is 26.4 Å². The minimum atomic E-state index is -0.544. The van der Waals surface area contributed by atoms with Gasteiger partial charge in [0.05, 0.1) is 6.10 Å². The Balaban J connectivity index is 1.74. The van der Waals surface area contributed by atoms with Crippen LogP contribution in [0.3, 0.4) is 0 Å². The Morgan fingerprint density at radius 3 is 3.00 bits per heavy atom. The largest absolute Gasteiger partial charge is 0.393 e. The molecule has 0 aromatic carbocycles. The summed E-state index contributed by atoms with van der Waals surface area (Å²) in [6.07, 6.45) is 4.98. The number of aromatic nitrogens is 2. The van der Waals surface area contributed by atoms with E-state index in [4.69, 9.17) is 0 Å². The van der Waals surface area contributed by atoms with Crippen LogP contribution in [-0.4, -0.2) is 38.1 Å². The van der Waals surface area contributed by atoms with Crippen molar-refractivity contribution in [2.24, 2.45) is 5.92 Å². The van der Waals surface area contributed by atoms with Crippen molar-refractivity contribution in [3.8, 4) is 0 Å². The maximum absolute atomic E-state index is 11.9. The van der Waals surface area contributed by atoms with E-state index in [1.54, 1.807) is 11.5 Å². The Morgan fingerprint density at radius 2 is 2.36 bits per heavy atom. The second-order valence-corrected chi connectivity index (χ2v) is 5.84. The van der Waals surface area contributed by atoms with Crippen molar-refractivity contribution >= 4 is 11.7 Å². The summed E-state index contributed by atoms with van der Waals surface area (Å²) in [4.78, 5) is 25.8. The van der Waals surface area contributed by atoms with Crippen molar-refractivity contribution in [2.75, 3.05) is 6.54 Å². The number of hydrogen-bond donors (Lipinski definition) is 2. The van der Waals surface area contributed by atoms with Gasteiger partial charge in [-0.05, 0) is 35.1 Å². The number of hydrogen-bond acceptors (Lipinski definition) is 5. The summed E-state index contributed by atoms with van der Waals surface area (Å²) in [7, 11) is 0. The number of aryl methyl sites for hydroxylation is 2. The van der Waals surface area contributed by atoms with Gasteiger partial charge < -0.3 is 25.1 Å². The molecule has 1 aromatic heterocycles. The predicted molar refractivity (Wildman–Crippen MR) is 79.2 cm³/mol. The van der Waals surface area contributed by atoms with Crippen LogP contribution < -0.4 is 5.32 Å². The lowest BCUT2D eigenvalue weighted by Crippen LogP contribution is -2.33. The van der Waals surface area contributed by atoms with E-state index in [0.29, 0.717) is 24.8 Å². The lowest BCUT2D eigenvalue weighted by Gasteiger charge is -2.25. The molecule has 1 aliphatic rings. The molecule has 1 heterocycles. The second kappa shape index (κ2) is 7.35. The third-order valence-corrected chi connectivity index (χ3v) is 4.07. The number of aliphatic hydroxyl groups is 1. The third-order valence-electron chi connectivity index (χ3n) is 4.07. The van der Waals surface area contributed by atoms with Crippen LogP contribution in [-0.2, 0) is 11.3 Å². The molecule has 1 saturated carbocycles. The molecule has 0 bridgehead atoms. The third kappa shape index (κ3) is 4.52. The van der Waals surface area contributed by atoms with E-state index in [0.717, 1.165) is 25.7 Å². The highest BCUT2D eigenvalue weighted by atomic mass is 16.6. The highest BCUT2D eigenvalue weighted by Crippen LogP contribution is 2.23. The number of rotatable bonds is 6. The summed E-state index contributed by atoms with van der Waals surface area (Å²) in [5, 5.41) is 23.1. The van der Waals surface area contributed by atoms with Crippen LogP contribution in [0.25, 0.3) is 0 Å². The number of nitro groups is 1. The molecule has 1 amide bonds. The quantitative estimate of drug-likeness (QED) is 0.605. The van der Waals surface area contributed by atoms with Crippen molar-refractivity contribution in [3.63, 3.8) is 0 Å². The van der Waals surface area contributed by atoms with Gasteiger partial charge in [-0.2, -0.15) is 0 Å². The van der Waals surface area contributed by atoms with Crippen LogP contribution in [0.4, 0.5) is 5.82 Å². The van der Waals surface area contributed by atoms with Gasteiger partial charge in [0.25, 0.3) is 0 Å². The molecule has 8 heteroatoms. The number of amides is 1. The molecule has 1 aliphatic carbocycles. The van der Waals surface area contributed by atoms with Crippen LogP contribution in [0, 0.1) is 23.0 Å². The maximum atomic E-state index is 11.9. The fraction of sp³-hybridized carbons (Fsp3) is 0.714. The van der Waals surface area contributed by atoms with E-state index in [1.807, 2.05) is 0 Å². The average Bonchev–Trinajstić information content (AvgIpc) is 2.84. The maximum Gasteiger partial charge on any atom is 0.381 e. The van der Waals surface area contributed by atoms with E-state index in [1.165, 1.54) is 6.20 Å². The number of nitrogens with one attached hydrogen (secondary N) is 1. The number of aliphatic hydroxyl groups excluding tert-OH is 1. The molecule has 0 radical (unpaired) electrons. The average molecular weight is 310 g/mol. The van der Waals surface area contributed by atoms with Crippen molar-refractivity contribution in [2.45, 2.75) is 51.7 Å². The smallest absolute Gasteiger partial charge is 0.381 e. The number of nitrogens with zero attached hydrogens (tertiary/aromatic N) is 3. The molecular formula is C14H22N4O4. The molecule has 2 unspecified atom stereocenters. The minimum absolute atomic E-state index is 0.0872. The summed E-state index contributed by atoms with van der Waals surface area (Å²) in [6, 6.07) is 0. The van der Waals surface area contributed by atoms with Gasteiger partial charge in [0.15, 0.2) is 0 Å². The molecule has 0 spiro atoms. The van der Waals surface area contributed by atoms with Crippen molar-refractivity contribution in [1.82, 2.24) is 14.9 Å². The molecule has 2 N–H and O–H groups in total. The Labute approximate surface area is 128 Å². The van der Waals surface area contributed by atoms with Crippen molar-refractivity contribution < 1.29 is 14.8 Å². The zero-order chi connectivity index (χ0) is 16.1. The van der Waals surface area contributed by atoms with Gasteiger partial charge in [-0.3, -0.25) is 4.79 Å². The SMILES string of the molecule is Cc1nc([N+](=O)[O-])cn1CCC(=O)NCC1CCCC(O)C1. The first kappa shape index (κ1) is 16.4. The molecule has 2 rings (SSSR count). The van der Waals surface area contributed by atoms with E-state index in [-0.39, 0.29) is 24.2 Å². The zero-order valence-corrected chi connectivity index (χ0v) is 12.7. The summed E-state index contributed by atoms with van der Waals surface area (Å²) in [6.45, 7) is 2.62. The lowest BCUT2D eigenvalue weighted by molar-refractivity contribution is -0.389. The molecule has 0 aliphatic heterocycles. The van der Waals surface area contributed by atoms with Crippen molar-refractivity contribution in [1.29, 1.82) is 0 Å². The van der Waals surface area contributed by atoms with E-state index < -0.39 is 4.92 Å². The fourth-order valence-corrected chi connectivity index (χ4v) is 2.82. The van der Waals surface area contributed by atoms with Gasteiger partial charge >= 0.3 is 5.82 Å². The molecule has 8 nitrogen and oxygen atoms in total. The molecule has 22 heavy (non-hydrogen) atoms. The Kier molecular flexibility index (Phi) is 5.48. The summed E-state index contributed by atoms with van der Waals surface area (Å²) in [5.41, 5.74) is 0. The highest BCUT2D eigenvalue weighted by Gasteiger charge is 2.20. The topological polar surface area (TPSA) is 110 Å². The van der Waals surface area contributed by atoms with Crippen LogP contribution in [0.2, 0.25) is 0 Å². The highest BCUT2D eigenvalue weighted by molar-refractivity contribution is 5.75. The first-order valence-electron chi connectivity index (χ1n) is 7.58. The Bertz CT molecular complexity index is 543. The Hall–Kier alpha value is -1.96. The summed E-state index contributed by atoms with van der Waals surface area (Å²) >= 11 is 0. The van der Waals surface area contributed by atoms with Gasteiger partial charge in [0.2, 0.25) is 11.7 Å². The van der Waals surface area contributed by atoms with Crippen LogP contribution in [0.5, 0.6) is 0 Å². The molecule has 0 saturated heterocycles. The van der Waals surface area contributed by atoms with Gasteiger partial charge in [-0.25, -0.2) is 0 Å². The second-order valence-electron chi connectivity index (χ2n) is 5.84. The number of imidazole rings is 1. The monoisotopic (exact) mass is 310 g/mol. The van der Waals surface area contributed by atoms with E-state index >= 15 is 0 Å². The minimum Gasteiger partial charge on any atom is -0.393 e. The zero-order valence-electron chi connectivity index (χ0n) is 12.7. The number of carbonyl (C=O) groups excluding carboxylic acids is 1. The van der Waals surface area contributed by atoms with Gasteiger partial charge in [-0.1, -0.05) is 6.42 Å². The van der Waals surface area contributed by atoms with Gasteiger partial charge in [0.1, 0.15) is 6.20 Å². The molecule has 1 fully saturated rings. The van der Waals surface area contributed by atoms with Crippen LogP contribution >= 0.6 is 0 Å². The first-order valence-corrected chi connectivity index (χ1v) is 7.58. The van der Waals surface area contributed by atoms with Crippen molar-refractivity contribution in [3.05, 3.63) is 22.1 Å². The summed E-state index contributed by atoms with van der Waals surface area (Å²) < 4.78 is 1.61. The summed E-state index contributed by atoms with van der Waals surface area (Å²) in [5.74, 6) is 0.573. The predicted octanol–water partition coefficient (Wildman–Crippen LogP) is 1.16. The van der Waals surface area contributed by atoms with E-state index in [9.17, 15) is 20.0 Å². The standard InChI is InChI=1S/C14H22N4O4/c1-10-16-13(18(21)22)9-17(10)6-5-14(20)15-8-11-3-2-4-12(19)7-11/h9,11-12,19H,2-8H2,1H3,(H,15,20). The molecule has 122 valence electrons. The molecule has 1 aromatic rings. The molecule has 2 atom stereocenters. The lowest BCUT2D eigenvalue weighted by atomic mass is 9.87. The molecular weight excluding hydrogens is 288 g/mol. The first-order chi connectivity index (χ1) is 10.5.